The number of ether oxygens (including phenoxy) is 1. The largest absolute Gasteiger partial charge is 0.489 e. The van der Waals surface area contributed by atoms with Crippen molar-refractivity contribution in [3.63, 3.8) is 0 Å². The third-order valence-corrected chi connectivity index (χ3v) is 4.72. The Morgan fingerprint density at radius 3 is 2.57 bits per heavy atom. The summed E-state index contributed by atoms with van der Waals surface area (Å²) in [5.41, 5.74) is 0. The highest BCUT2D eigenvalue weighted by Gasteiger charge is 2.25. The lowest BCUT2D eigenvalue weighted by atomic mass is 10.1. The van der Waals surface area contributed by atoms with Crippen LogP contribution in [0.25, 0.3) is 0 Å². The van der Waals surface area contributed by atoms with Crippen LogP contribution in [0.3, 0.4) is 0 Å². The van der Waals surface area contributed by atoms with Crippen LogP contribution in [0.2, 0.25) is 10.0 Å². The van der Waals surface area contributed by atoms with Crippen LogP contribution in [0.4, 0.5) is 0 Å². The van der Waals surface area contributed by atoms with Crippen molar-refractivity contribution in [3.05, 3.63) is 28.2 Å². The third kappa shape index (κ3) is 4.49. The normalized spacial score (nSPS) is 23.2. The van der Waals surface area contributed by atoms with E-state index in [-0.39, 0.29) is 0 Å². The first kappa shape index (κ1) is 16.9. The van der Waals surface area contributed by atoms with Crippen molar-refractivity contribution in [2.24, 2.45) is 0 Å². The van der Waals surface area contributed by atoms with Gasteiger partial charge in [0.1, 0.15) is 6.61 Å². The van der Waals surface area contributed by atoms with Gasteiger partial charge in [-0.25, -0.2) is 0 Å². The molecule has 2 unspecified atom stereocenters. The molecule has 21 heavy (non-hydrogen) atoms. The van der Waals surface area contributed by atoms with E-state index < -0.39 is 0 Å². The van der Waals surface area contributed by atoms with Crippen molar-refractivity contribution in [3.8, 4) is 5.75 Å². The molecule has 0 aromatic heterocycles. The Morgan fingerprint density at radius 1 is 1.24 bits per heavy atom. The van der Waals surface area contributed by atoms with Gasteiger partial charge in [0.05, 0.1) is 10.0 Å². The van der Waals surface area contributed by atoms with Gasteiger partial charge in [-0.2, -0.15) is 0 Å². The minimum atomic E-state index is 0.571. The second kappa shape index (κ2) is 8.23. The molecule has 3 nitrogen and oxygen atoms in total. The molecule has 5 heteroatoms. The molecule has 118 valence electrons. The minimum Gasteiger partial charge on any atom is -0.489 e. The number of hydrogen-bond donors (Lipinski definition) is 1. The smallest absolute Gasteiger partial charge is 0.156 e. The number of piperazine rings is 1. The van der Waals surface area contributed by atoms with Gasteiger partial charge in [-0.3, -0.25) is 4.90 Å². The monoisotopic (exact) mass is 330 g/mol. The zero-order valence-electron chi connectivity index (χ0n) is 12.7. The summed E-state index contributed by atoms with van der Waals surface area (Å²) in [6.45, 7) is 8.10. The lowest BCUT2D eigenvalue weighted by Gasteiger charge is -2.39. The SMILES string of the molecule is CCC1CN(CCOc2c(Cl)cccc2Cl)C(CC)CN1. The van der Waals surface area contributed by atoms with Crippen molar-refractivity contribution in [1.29, 1.82) is 0 Å². The summed E-state index contributed by atoms with van der Waals surface area (Å²) in [6.07, 6.45) is 2.31. The first-order chi connectivity index (χ1) is 10.2. The Hall–Kier alpha value is -0.480. The number of nitrogens with zero attached hydrogens (tertiary/aromatic N) is 1. The summed E-state index contributed by atoms with van der Waals surface area (Å²) >= 11 is 12.2. The molecule has 1 aliphatic rings. The molecular weight excluding hydrogens is 307 g/mol. The highest BCUT2D eigenvalue weighted by atomic mass is 35.5. The Labute approximate surface area is 137 Å². The van der Waals surface area contributed by atoms with Gasteiger partial charge in [0, 0.05) is 31.7 Å². The Balaban J connectivity index is 1.89. The van der Waals surface area contributed by atoms with Gasteiger partial charge in [0.2, 0.25) is 0 Å². The molecule has 0 radical (unpaired) electrons. The molecule has 1 fully saturated rings. The Kier molecular flexibility index (Phi) is 6.62. The van der Waals surface area contributed by atoms with Crippen LogP contribution < -0.4 is 10.1 Å². The van der Waals surface area contributed by atoms with Crippen molar-refractivity contribution in [2.75, 3.05) is 26.2 Å². The van der Waals surface area contributed by atoms with Crippen LogP contribution in [0.1, 0.15) is 26.7 Å². The molecule has 1 saturated heterocycles. The lowest BCUT2D eigenvalue weighted by molar-refractivity contribution is 0.105. The number of rotatable bonds is 6. The molecule has 0 saturated carbocycles. The molecule has 2 atom stereocenters. The summed E-state index contributed by atoms with van der Waals surface area (Å²) < 4.78 is 5.81. The van der Waals surface area contributed by atoms with E-state index in [1.165, 1.54) is 0 Å². The maximum atomic E-state index is 6.12. The predicted octanol–water partition coefficient (Wildman–Crippen LogP) is 3.83. The van der Waals surface area contributed by atoms with Crippen molar-refractivity contribution in [1.82, 2.24) is 10.2 Å². The van der Waals surface area contributed by atoms with E-state index in [1.807, 2.05) is 6.07 Å². The molecule has 1 heterocycles. The van der Waals surface area contributed by atoms with Crippen molar-refractivity contribution < 1.29 is 4.74 Å². The summed E-state index contributed by atoms with van der Waals surface area (Å²) in [5.74, 6) is 0.594. The molecule has 1 aromatic carbocycles. The zero-order chi connectivity index (χ0) is 15.2. The van der Waals surface area contributed by atoms with Gasteiger partial charge in [0.25, 0.3) is 0 Å². The molecule has 1 N–H and O–H groups in total. The molecule has 1 aliphatic heterocycles. The maximum Gasteiger partial charge on any atom is 0.156 e. The van der Waals surface area contributed by atoms with E-state index >= 15 is 0 Å². The first-order valence-electron chi connectivity index (χ1n) is 7.69. The average Bonchev–Trinajstić information content (AvgIpc) is 2.50. The highest BCUT2D eigenvalue weighted by Crippen LogP contribution is 2.32. The summed E-state index contributed by atoms with van der Waals surface area (Å²) in [4.78, 5) is 2.51. The van der Waals surface area contributed by atoms with Crippen LogP contribution in [-0.2, 0) is 0 Å². The molecule has 0 amide bonds. The fraction of sp³-hybridized carbons (Fsp3) is 0.625. The second-order valence-electron chi connectivity index (χ2n) is 5.47. The summed E-state index contributed by atoms with van der Waals surface area (Å²) in [7, 11) is 0. The van der Waals surface area contributed by atoms with Gasteiger partial charge in [0.15, 0.2) is 5.75 Å². The number of hydrogen-bond acceptors (Lipinski definition) is 3. The molecule has 0 spiro atoms. The standard InChI is InChI=1S/C16H24Cl2N2O/c1-3-12-11-20(13(4-2)10-19-12)8-9-21-16-14(17)6-5-7-15(16)18/h5-7,12-13,19H,3-4,8-11H2,1-2H3. The first-order valence-corrected chi connectivity index (χ1v) is 8.45. The quantitative estimate of drug-likeness (QED) is 0.857. The Morgan fingerprint density at radius 2 is 1.95 bits per heavy atom. The van der Waals surface area contributed by atoms with Gasteiger partial charge >= 0.3 is 0 Å². The molecule has 0 aliphatic carbocycles. The van der Waals surface area contributed by atoms with Gasteiger partial charge in [-0.15, -0.1) is 0 Å². The van der Waals surface area contributed by atoms with Gasteiger partial charge in [-0.05, 0) is 25.0 Å². The van der Waals surface area contributed by atoms with E-state index in [1.54, 1.807) is 12.1 Å². The van der Waals surface area contributed by atoms with Crippen LogP contribution >= 0.6 is 23.2 Å². The molecule has 0 bridgehead atoms. The third-order valence-electron chi connectivity index (χ3n) is 4.12. The number of benzene rings is 1. The number of para-hydroxylation sites is 1. The van der Waals surface area contributed by atoms with Gasteiger partial charge in [-0.1, -0.05) is 43.1 Å². The molecule has 2 rings (SSSR count). The molecule has 1 aromatic rings. The van der Waals surface area contributed by atoms with Crippen LogP contribution in [0.15, 0.2) is 18.2 Å². The second-order valence-corrected chi connectivity index (χ2v) is 6.28. The van der Waals surface area contributed by atoms with E-state index in [9.17, 15) is 0 Å². The average molecular weight is 331 g/mol. The predicted molar refractivity (Wildman–Crippen MR) is 89.7 cm³/mol. The van der Waals surface area contributed by atoms with E-state index in [0.29, 0.717) is 34.5 Å². The van der Waals surface area contributed by atoms with E-state index in [0.717, 1.165) is 32.5 Å². The van der Waals surface area contributed by atoms with Crippen molar-refractivity contribution >= 4 is 23.2 Å². The van der Waals surface area contributed by atoms with Crippen LogP contribution in [0, 0.1) is 0 Å². The fourth-order valence-corrected chi connectivity index (χ4v) is 3.27. The fourth-order valence-electron chi connectivity index (χ4n) is 2.76. The van der Waals surface area contributed by atoms with E-state index in [2.05, 4.69) is 24.1 Å². The Bertz CT molecular complexity index is 436. The zero-order valence-corrected chi connectivity index (χ0v) is 14.3. The lowest BCUT2D eigenvalue weighted by Crippen LogP contribution is -2.56. The van der Waals surface area contributed by atoms with Crippen LogP contribution in [-0.4, -0.2) is 43.2 Å². The molecular formula is C16H24Cl2N2O. The highest BCUT2D eigenvalue weighted by molar-refractivity contribution is 6.37. The van der Waals surface area contributed by atoms with Crippen molar-refractivity contribution in [2.45, 2.75) is 38.8 Å². The summed E-state index contributed by atoms with van der Waals surface area (Å²) in [5, 5.41) is 4.74. The summed E-state index contributed by atoms with van der Waals surface area (Å²) in [6, 6.07) is 6.59. The van der Waals surface area contributed by atoms with Crippen LogP contribution in [0.5, 0.6) is 5.75 Å². The number of halogens is 2. The topological polar surface area (TPSA) is 24.5 Å². The van der Waals surface area contributed by atoms with Gasteiger partial charge < -0.3 is 10.1 Å². The van der Waals surface area contributed by atoms with E-state index in [4.69, 9.17) is 27.9 Å². The number of nitrogens with one attached hydrogen (secondary N) is 1. The minimum absolute atomic E-state index is 0.571. The maximum absolute atomic E-state index is 6.12.